The SMILES string of the molecule is CCOC(=O)c1ccc(NCc2cnn(-c3ccc(Cl)cc3)c2C)cc1. The Hall–Kier alpha value is -2.79. The summed E-state index contributed by atoms with van der Waals surface area (Å²) >= 11 is 5.94. The van der Waals surface area contributed by atoms with Crippen molar-refractivity contribution in [3.8, 4) is 5.69 Å². The fraction of sp³-hybridized carbons (Fsp3) is 0.200. The minimum Gasteiger partial charge on any atom is -0.462 e. The maximum absolute atomic E-state index is 11.7. The lowest BCUT2D eigenvalue weighted by Gasteiger charge is -2.08. The molecule has 1 heterocycles. The van der Waals surface area contributed by atoms with Crippen molar-refractivity contribution in [3.63, 3.8) is 0 Å². The molecule has 3 rings (SSSR count). The molecule has 1 aromatic heterocycles. The van der Waals surface area contributed by atoms with Gasteiger partial charge in [-0.05, 0) is 62.4 Å². The molecule has 1 N–H and O–H groups in total. The monoisotopic (exact) mass is 369 g/mol. The number of aromatic nitrogens is 2. The number of carbonyl (C=O) groups excluding carboxylic acids is 1. The summed E-state index contributed by atoms with van der Waals surface area (Å²) in [5.74, 6) is -0.306. The van der Waals surface area contributed by atoms with Crippen LogP contribution in [0.5, 0.6) is 0 Å². The zero-order chi connectivity index (χ0) is 18.5. The summed E-state index contributed by atoms with van der Waals surface area (Å²) in [4.78, 5) is 11.7. The highest BCUT2D eigenvalue weighted by atomic mass is 35.5. The van der Waals surface area contributed by atoms with Gasteiger partial charge in [0, 0.05) is 28.5 Å². The van der Waals surface area contributed by atoms with Gasteiger partial charge in [0.1, 0.15) is 0 Å². The standard InChI is InChI=1S/C20H20ClN3O2/c1-3-26-20(25)15-4-8-18(9-5-15)22-12-16-13-23-24(14(16)2)19-10-6-17(21)7-11-19/h4-11,13,22H,3,12H2,1-2H3. The Morgan fingerprint density at radius 2 is 1.85 bits per heavy atom. The predicted octanol–water partition coefficient (Wildman–Crippen LogP) is 4.62. The summed E-state index contributed by atoms with van der Waals surface area (Å²) in [6.07, 6.45) is 1.85. The predicted molar refractivity (Wildman–Crippen MR) is 103 cm³/mol. The van der Waals surface area contributed by atoms with Gasteiger partial charge < -0.3 is 10.1 Å². The van der Waals surface area contributed by atoms with Gasteiger partial charge in [-0.25, -0.2) is 9.48 Å². The lowest BCUT2D eigenvalue weighted by Crippen LogP contribution is -2.05. The first-order valence-electron chi connectivity index (χ1n) is 8.39. The van der Waals surface area contributed by atoms with E-state index in [1.54, 1.807) is 19.1 Å². The van der Waals surface area contributed by atoms with Gasteiger partial charge in [-0.1, -0.05) is 11.6 Å². The van der Waals surface area contributed by atoms with Crippen molar-refractivity contribution in [2.45, 2.75) is 20.4 Å². The van der Waals surface area contributed by atoms with Gasteiger partial charge in [0.15, 0.2) is 0 Å². The molecule has 134 valence electrons. The molecule has 0 saturated carbocycles. The zero-order valence-corrected chi connectivity index (χ0v) is 15.5. The summed E-state index contributed by atoms with van der Waals surface area (Å²) in [6, 6.07) is 14.8. The van der Waals surface area contributed by atoms with Gasteiger partial charge >= 0.3 is 5.97 Å². The maximum Gasteiger partial charge on any atom is 0.338 e. The van der Waals surface area contributed by atoms with Crippen LogP contribution in [0.15, 0.2) is 54.7 Å². The van der Waals surface area contributed by atoms with E-state index in [9.17, 15) is 4.79 Å². The molecule has 6 heteroatoms. The summed E-state index contributed by atoms with van der Waals surface area (Å²) < 4.78 is 6.87. The molecule has 0 unspecified atom stereocenters. The van der Waals surface area contributed by atoms with Gasteiger partial charge in [-0.3, -0.25) is 0 Å². The number of nitrogens with one attached hydrogen (secondary N) is 1. The molecular formula is C20H20ClN3O2. The minimum absolute atomic E-state index is 0.306. The lowest BCUT2D eigenvalue weighted by atomic mass is 10.2. The van der Waals surface area contributed by atoms with Crippen molar-refractivity contribution < 1.29 is 9.53 Å². The summed E-state index contributed by atoms with van der Waals surface area (Å²) in [5.41, 5.74) is 4.59. The molecule has 26 heavy (non-hydrogen) atoms. The number of halogens is 1. The number of nitrogens with zero attached hydrogens (tertiary/aromatic N) is 2. The second-order valence-corrected chi connectivity index (χ2v) is 6.23. The van der Waals surface area contributed by atoms with E-state index in [4.69, 9.17) is 16.3 Å². The molecule has 0 aliphatic rings. The molecule has 5 nitrogen and oxygen atoms in total. The average molecular weight is 370 g/mol. The van der Waals surface area contributed by atoms with Gasteiger partial charge in [-0.2, -0.15) is 5.10 Å². The first-order chi connectivity index (χ1) is 12.6. The molecule has 0 spiro atoms. The van der Waals surface area contributed by atoms with E-state index in [1.807, 2.05) is 54.2 Å². The maximum atomic E-state index is 11.7. The van der Waals surface area contributed by atoms with E-state index in [2.05, 4.69) is 10.4 Å². The van der Waals surface area contributed by atoms with Crippen molar-refractivity contribution >= 4 is 23.3 Å². The number of carbonyl (C=O) groups is 1. The number of ether oxygens (including phenoxy) is 1. The topological polar surface area (TPSA) is 56.1 Å². The van der Waals surface area contributed by atoms with Gasteiger partial charge in [0.25, 0.3) is 0 Å². The fourth-order valence-electron chi connectivity index (χ4n) is 2.60. The molecule has 3 aromatic rings. The zero-order valence-electron chi connectivity index (χ0n) is 14.7. The van der Waals surface area contributed by atoms with Crippen molar-refractivity contribution in [3.05, 3.63) is 76.6 Å². The van der Waals surface area contributed by atoms with Crippen molar-refractivity contribution in [2.24, 2.45) is 0 Å². The highest BCUT2D eigenvalue weighted by Crippen LogP contribution is 2.18. The summed E-state index contributed by atoms with van der Waals surface area (Å²) in [5, 5.41) is 8.51. The quantitative estimate of drug-likeness (QED) is 0.644. The van der Waals surface area contributed by atoms with Crippen LogP contribution in [0.4, 0.5) is 5.69 Å². The Kier molecular flexibility index (Phi) is 5.58. The Bertz CT molecular complexity index is 886. The minimum atomic E-state index is -0.306. The van der Waals surface area contributed by atoms with Crippen molar-refractivity contribution in [1.82, 2.24) is 9.78 Å². The van der Waals surface area contributed by atoms with Crippen LogP contribution in [0.2, 0.25) is 5.02 Å². The van der Waals surface area contributed by atoms with Crippen molar-refractivity contribution in [2.75, 3.05) is 11.9 Å². The van der Waals surface area contributed by atoms with Crippen LogP contribution in [-0.4, -0.2) is 22.4 Å². The van der Waals surface area contributed by atoms with E-state index in [1.165, 1.54) is 0 Å². The normalized spacial score (nSPS) is 10.6. The Morgan fingerprint density at radius 3 is 2.50 bits per heavy atom. The third-order valence-electron chi connectivity index (χ3n) is 4.06. The number of rotatable bonds is 6. The molecule has 0 aliphatic heterocycles. The van der Waals surface area contributed by atoms with E-state index in [-0.39, 0.29) is 5.97 Å². The van der Waals surface area contributed by atoms with E-state index < -0.39 is 0 Å². The Labute approximate surface area is 157 Å². The third kappa shape index (κ3) is 4.06. The second kappa shape index (κ2) is 8.06. The fourth-order valence-corrected chi connectivity index (χ4v) is 2.72. The van der Waals surface area contributed by atoms with Gasteiger partial charge in [-0.15, -0.1) is 0 Å². The largest absolute Gasteiger partial charge is 0.462 e. The van der Waals surface area contributed by atoms with Crippen LogP contribution in [0, 0.1) is 6.92 Å². The number of benzene rings is 2. The number of esters is 1. The van der Waals surface area contributed by atoms with Crippen LogP contribution in [0.3, 0.4) is 0 Å². The Morgan fingerprint density at radius 1 is 1.15 bits per heavy atom. The van der Waals surface area contributed by atoms with Crippen LogP contribution in [0.25, 0.3) is 5.69 Å². The van der Waals surface area contributed by atoms with Crippen LogP contribution < -0.4 is 5.32 Å². The molecule has 0 atom stereocenters. The first kappa shape index (κ1) is 18.0. The van der Waals surface area contributed by atoms with Gasteiger partial charge in [0.05, 0.1) is 24.1 Å². The molecule has 0 radical (unpaired) electrons. The van der Waals surface area contributed by atoms with Crippen molar-refractivity contribution in [1.29, 1.82) is 0 Å². The Balaban J connectivity index is 1.67. The number of hydrogen-bond donors (Lipinski definition) is 1. The second-order valence-electron chi connectivity index (χ2n) is 5.79. The van der Waals surface area contributed by atoms with Crippen LogP contribution in [-0.2, 0) is 11.3 Å². The third-order valence-corrected chi connectivity index (χ3v) is 4.31. The smallest absolute Gasteiger partial charge is 0.338 e. The lowest BCUT2D eigenvalue weighted by molar-refractivity contribution is 0.0526. The number of anilines is 1. The highest BCUT2D eigenvalue weighted by Gasteiger charge is 2.09. The first-order valence-corrected chi connectivity index (χ1v) is 8.76. The molecule has 0 aliphatic carbocycles. The van der Waals surface area contributed by atoms with Crippen LogP contribution in [0.1, 0.15) is 28.5 Å². The van der Waals surface area contributed by atoms with E-state index in [0.29, 0.717) is 23.7 Å². The molecule has 0 fully saturated rings. The number of hydrogen-bond acceptors (Lipinski definition) is 4. The molecule has 2 aromatic carbocycles. The van der Waals surface area contributed by atoms with Crippen LogP contribution >= 0.6 is 11.6 Å². The average Bonchev–Trinajstić information content (AvgIpc) is 3.02. The molecule has 0 saturated heterocycles. The van der Waals surface area contributed by atoms with E-state index >= 15 is 0 Å². The summed E-state index contributed by atoms with van der Waals surface area (Å²) in [7, 11) is 0. The molecule has 0 bridgehead atoms. The molecule has 0 amide bonds. The van der Waals surface area contributed by atoms with E-state index in [0.717, 1.165) is 22.6 Å². The highest BCUT2D eigenvalue weighted by molar-refractivity contribution is 6.30. The summed E-state index contributed by atoms with van der Waals surface area (Å²) in [6.45, 7) is 4.83. The van der Waals surface area contributed by atoms with Gasteiger partial charge in [0.2, 0.25) is 0 Å². The molecular weight excluding hydrogens is 350 g/mol.